The van der Waals surface area contributed by atoms with Gasteiger partial charge in [0.05, 0.1) is 12.2 Å². The highest BCUT2D eigenvalue weighted by Gasteiger charge is 2.82. The Morgan fingerprint density at radius 3 is 2.22 bits per heavy atom. The third kappa shape index (κ3) is 2.72. The molecule has 5 aliphatic carbocycles. The summed E-state index contributed by atoms with van der Waals surface area (Å²) >= 11 is 0. The summed E-state index contributed by atoms with van der Waals surface area (Å²) < 4.78 is 0. The van der Waals surface area contributed by atoms with Gasteiger partial charge in [-0.1, -0.05) is 46.8 Å². The van der Waals surface area contributed by atoms with Crippen LogP contribution in [0.2, 0.25) is 0 Å². The molecule has 10 atom stereocenters. The highest BCUT2D eigenvalue weighted by molar-refractivity contribution is 5.30. The first-order valence-electron chi connectivity index (χ1n) is 13.9. The van der Waals surface area contributed by atoms with Gasteiger partial charge in [0.25, 0.3) is 0 Å². The predicted molar refractivity (Wildman–Crippen MR) is 132 cm³/mol. The molecule has 0 aromatic carbocycles. The molecule has 5 aliphatic rings. The van der Waals surface area contributed by atoms with Gasteiger partial charge in [0.15, 0.2) is 0 Å². The average Bonchev–Trinajstić information content (AvgIpc) is 3.31. The zero-order chi connectivity index (χ0) is 23.3. The first-order chi connectivity index (χ1) is 14.9. The standard InChI is InChI=1S/C30H50O2/c1-19(2)22(31)9-8-20(3)21-12-14-28(7)24-11-10-23-26(4,5)25(32)13-15-29(23)18-30(24,29)17-16-27(21,28)6/h20-25,31-32H,1,8-18H2,2-7H3/t20-,21-,22+,23+,24+,25+,27-,28+,29-,30+/m1/s1. The van der Waals surface area contributed by atoms with Gasteiger partial charge in [0.1, 0.15) is 0 Å². The van der Waals surface area contributed by atoms with Gasteiger partial charge in [-0.2, -0.15) is 0 Å². The van der Waals surface area contributed by atoms with Gasteiger partial charge in [-0.15, -0.1) is 0 Å². The van der Waals surface area contributed by atoms with Crippen LogP contribution in [0, 0.1) is 50.7 Å². The Morgan fingerprint density at radius 1 is 0.875 bits per heavy atom. The fourth-order valence-corrected chi connectivity index (χ4v) is 11.2. The molecule has 0 heterocycles. The van der Waals surface area contributed by atoms with E-state index in [0.29, 0.717) is 27.6 Å². The minimum atomic E-state index is -0.334. The fourth-order valence-electron chi connectivity index (χ4n) is 11.2. The van der Waals surface area contributed by atoms with Gasteiger partial charge in [-0.3, -0.25) is 0 Å². The van der Waals surface area contributed by atoms with Crippen LogP contribution in [0.15, 0.2) is 12.2 Å². The van der Waals surface area contributed by atoms with Crippen LogP contribution in [-0.2, 0) is 0 Å². The second kappa shape index (κ2) is 7.09. The Kier molecular flexibility index (Phi) is 5.19. The number of aliphatic hydroxyl groups excluding tert-OH is 2. The van der Waals surface area contributed by atoms with Crippen LogP contribution in [0.25, 0.3) is 0 Å². The lowest BCUT2D eigenvalue weighted by Crippen LogP contribution is -2.57. The van der Waals surface area contributed by atoms with Crippen LogP contribution in [0.3, 0.4) is 0 Å². The Morgan fingerprint density at radius 2 is 1.53 bits per heavy atom. The summed E-state index contributed by atoms with van der Waals surface area (Å²) in [4.78, 5) is 0. The molecule has 2 heteroatoms. The van der Waals surface area contributed by atoms with Crippen molar-refractivity contribution in [2.45, 2.75) is 124 Å². The normalized spacial score (nSPS) is 52.8. The molecule has 0 amide bonds. The van der Waals surface area contributed by atoms with E-state index >= 15 is 0 Å². The third-order valence-electron chi connectivity index (χ3n) is 13.3. The molecule has 0 bridgehead atoms. The SMILES string of the molecule is C=C(C)[C@@H](O)CC[C@@H](C)[C@H]1CC[C@@]2(C)[C@@H]3CC[C@H]4C(C)(C)[C@@H](O)CC[C@@]45C[C@@]35CC[C@]12C. The number of hydrogen-bond donors (Lipinski definition) is 2. The van der Waals surface area contributed by atoms with Crippen molar-refractivity contribution in [2.75, 3.05) is 0 Å². The lowest BCUT2D eigenvalue weighted by atomic mass is 9.41. The van der Waals surface area contributed by atoms with E-state index in [0.717, 1.165) is 42.6 Å². The van der Waals surface area contributed by atoms with Gasteiger partial charge >= 0.3 is 0 Å². The molecule has 2 spiro atoms. The molecule has 5 fully saturated rings. The third-order valence-corrected chi connectivity index (χ3v) is 13.3. The van der Waals surface area contributed by atoms with Crippen LogP contribution >= 0.6 is 0 Å². The maximum atomic E-state index is 10.8. The molecule has 0 aromatic rings. The number of hydrogen-bond acceptors (Lipinski definition) is 2. The summed E-state index contributed by atoms with van der Waals surface area (Å²) in [6.45, 7) is 18.5. The highest BCUT2D eigenvalue weighted by Crippen LogP contribution is 2.89. The number of rotatable bonds is 5. The second-order valence-corrected chi connectivity index (χ2v) is 14.4. The second-order valence-electron chi connectivity index (χ2n) is 14.4. The first kappa shape index (κ1) is 23.4. The Bertz CT molecular complexity index is 786. The number of fused-ring (bicyclic) bond motifs is 2. The Labute approximate surface area is 197 Å². The molecule has 0 aromatic heterocycles. The van der Waals surface area contributed by atoms with Crippen molar-refractivity contribution in [3.05, 3.63) is 12.2 Å². The van der Waals surface area contributed by atoms with Crippen LogP contribution in [0.4, 0.5) is 0 Å². The molecule has 0 radical (unpaired) electrons. The average molecular weight is 443 g/mol. The van der Waals surface area contributed by atoms with Crippen LogP contribution in [0.1, 0.15) is 112 Å². The monoisotopic (exact) mass is 442 g/mol. The van der Waals surface area contributed by atoms with E-state index in [2.05, 4.69) is 41.2 Å². The molecular formula is C30H50O2. The molecule has 5 saturated carbocycles. The lowest BCUT2D eigenvalue weighted by Gasteiger charge is -2.63. The van der Waals surface area contributed by atoms with E-state index in [1.807, 2.05) is 6.92 Å². The smallest absolute Gasteiger partial charge is 0.0744 e. The first-order valence-corrected chi connectivity index (χ1v) is 13.9. The van der Waals surface area contributed by atoms with Gasteiger partial charge in [-0.25, -0.2) is 0 Å². The van der Waals surface area contributed by atoms with E-state index < -0.39 is 0 Å². The molecule has 2 N–H and O–H groups in total. The largest absolute Gasteiger partial charge is 0.393 e. The summed E-state index contributed by atoms with van der Waals surface area (Å²) in [7, 11) is 0. The molecule has 2 nitrogen and oxygen atoms in total. The molecular weight excluding hydrogens is 392 g/mol. The van der Waals surface area contributed by atoms with E-state index in [-0.39, 0.29) is 17.6 Å². The fraction of sp³-hybridized carbons (Fsp3) is 0.933. The molecule has 0 unspecified atom stereocenters. The maximum Gasteiger partial charge on any atom is 0.0744 e. The van der Waals surface area contributed by atoms with Crippen molar-refractivity contribution >= 4 is 0 Å². The lowest BCUT2D eigenvalue weighted by molar-refractivity contribution is -0.161. The van der Waals surface area contributed by atoms with Gasteiger partial charge in [0, 0.05) is 0 Å². The molecule has 0 aliphatic heterocycles. The summed E-state index contributed by atoms with van der Waals surface area (Å²) in [6.07, 6.45) is 13.7. The predicted octanol–water partition coefficient (Wildman–Crippen LogP) is 7.14. The van der Waals surface area contributed by atoms with Crippen molar-refractivity contribution in [1.82, 2.24) is 0 Å². The zero-order valence-electron chi connectivity index (χ0n) is 21.8. The van der Waals surface area contributed by atoms with Crippen LogP contribution in [0.5, 0.6) is 0 Å². The highest BCUT2D eigenvalue weighted by atomic mass is 16.3. The van der Waals surface area contributed by atoms with E-state index in [9.17, 15) is 10.2 Å². The van der Waals surface area contributed by atoms with Crippen molar-refractivity contribution < 1.29 is 10.2 Å². The molecule has 32 heavy (non-hydrogen) atoms. The van der Waals surface area contributed by atoms with E-state index in [1.54, 1.807) is 0 Å². The van der Waals surface area contributed by atoms with Crippen LogP contribution in [-0.4, -0.2) is 22.4 Å². The van der Waals surface area contributed by atoms with Crippen molar-refractivity contribution in [1.29, 1.82) is 0 Å². The zero-order valence-corrected chi connectivity index (χ0v) is 21.8. The van der Waals surface area contributed by atoms with E-state index in [1.165, 1.54) is 51.4 Å². The number of aliphatic hydroxyl groups is 2. The molecule has 5 rings (SSSR count). The van der Waals surface area contributed by atoms with Gasteiger partial charge in [0.2, 0.25) is 0 Å². The molecule has 0 saturated heterocycles. The topological polar surface area (TPSA) is 40.5 Å². The quantitative estimate of drug-likeness (QED) is 0.444. The van der Waals surface area contributed by atoms with Crippen molar-refractivity contribution in [3.8, 4) is 0 Å². The minimum Gasteiger partial charge on any atom is -0.393 e. The van der Waals surface area contributed by atoms with Crippen molar-refractivity contribution in [2.24, 2.45) is 50.7 Å². The Balaban J connectivity index is 1.39. The molecule has 182 valence electrons. The summed E-state index contributed by atoms with van der Waals surface area (Å²) in [5.41, 5.74) is 3.03. The van der Waals surface area contributed by atoms with Crippen LogP contribution < -0.4 is 0 Å². The summed E-state index contributed by atoms with van der Waals surface area (Å²) in [5, 5.41) is 21.2. The minimum absolute atomic E-state index is 0.0885. The maximum absolute atomic E-state index is 10.8. The van der Waals surface area contributed by atoms with Crippen molar-refractivity contribution in [3.63, 3.8) is 0 Å². The van der Waals surface area contributed by atoms with Gasteiger partial charge < -0.3 is 10.2 Å². The Hall–Kier alpha value is -0.340. The van der Waals surface area contributed by atoms with Gasteiger partial charge in [-0.05, 0) is 128 Å². The summed E-state index contributed by atoms with van der Waals surface area (Å²) in [5.74, 6) is 3.08. The van der Waals surface area contributed by atoms with E-state index in [4.69, 9.17) is 0 Å². The summed E-state index contributed by atoms with van der Waals surface area (Å²) in [6, 6.07) is 0.